The smallest absolute Gasteiger partial charge is 0.246 e. The zero-order valence-electron chi connectivity index (χ0n) is 14.4. The number of carbonyl (C=O) groups is 1. The molecule has 0 radical (unpaired) electrons. The van der Waals surface area contributed by atoms with Gasteiger partial charge in [-0.25, -0.2) is 0 Å². The number of methoxy groups -OCH3 is 1. The van der Waals surface area contributed by atoms with E-state index in [1.807, 2.05) is 0 Å². The molecule has 1 unspecified atom stereocenters. The Labute approximate surface area is 142 Å². The van der Waals surface area contributed by atoms with Crippen LogP contribution in [0.4, 0.5) is 0 Å². The lowest BCUT2D eigenvalue weighted by molar-refractivity contribution is -0.133. The van der Waals surface area contributed by atoms with E-state index in [1.54, 1.807) is 12.0 Å². The van der Waals surface area contributed by atoms with Gasteiger partial charge in [0.25, 0.3) is 0 Å². The van der Waals surface area contributed by atoms with Crippen molar-refractivity contribution >= 4 is 5.91 Å². The lowest BCUT2D eigenvalue weighted by Gasteiger charge is -2.26. The maximum atomic E-state index is 12.2. The zero-order chi connectivity index (χ0) is 16.9. The van der Waals surface area contributed by atoms with Gasteiger partial charge in [-0.05, 0) is 50.9 Å². The molecule has 1 atom stereocenters. The van der Waals surface area contributed by atoms with Crippen molar-refractivity contribution < 1.29 is 14.1 Å². The third-order valence-electron chi connectivity index (χ3n) is 5.26. The Bertz CT molecular complexity index is 540. The second-order valence-corrected chi connectivity index (χ2v) is 7.05. The van der Waals surface area contributed by atoms with Gasteiger partial charge in [-0.3, -0.25) is 4.79 Å². The predicted octanol–water partition coefficient (Wildman–Crippen LogP) is 1.66. The molecule has 2 fully saturated rings. The minimum absolute atomic E-state index is 0.00913. The van der Waals surface area contributed by atoms with Crippen molar-refractivity contribution in [2.45, 2.75) is 70.1 Å². The molecule has 1 saturated heterocycles. The number of likely N-dealkylation sites (tertiary alicyclic amines) is 1. The van der Waals surface area contributed by atoms with Crippen LogP contribution >= 0.6 is 0 Å². The Kier molecular flexibility index (Phi) is 5.84. The van der Waals surface area contributed by atoms with Crippen LogP contribution in [0.1, 0.15) is 56.7 Å². The molecule has 1 aromatic rings. The molecule has 1 aromatic heterocycles. The standard InChI is InChI=1S/C17H28N4O3/c1-23-13-7-5-12(6-8-13)10-15-19-16(24-20-15)11-21-9-3-2-4-14(18)17(21)22/h12-14H,2-11,18H2,1H3. The molecule has 2 aliphatic rings. The Balaban J connectivity index is 1.53. The summed E-state index contributed by atoms with van der Waals surface area (Å²) < 4.78 is 10.8. The van der Waals surface area contributed by atoms with Crippen LogP contribution in [-0.4, -0.2) is 46.7 Å². The van der Waals surface area contributed by atoms with Gasteiger partial charge >= 0.3 is 0 Å². The average molecular weight is 336 g/mol. The first-order chi connectivity index (χ1) is 11.7. The topological polar surface area (TPSA) is 94.5 Å². The molecule has 1 aliphatic heterocycles. The maximum Gasteiger partial charge on any atom is 0.246 e. The molecule has 1 aliphatic carbocycles. The third-order valence-corrected chi connectivity index (χ3v) is 5.26. The van der Waals surface area contributed by atoms with Crippen LogP contribution in [0.15, 0.2) is 4.52 Å². The summed E-state index contributed by atoms with van der Waals surface area (Å²) in [7, 11) is 1.78. The van der Waals surface area contributed by atoms with Gasteiger partial charge in [0.2, 0.25) is 11.8 Å². The molecule has 7 heteroatoms. The van der Waals surface area contributed by atoms with E-state index in [-0.39, 0.29) is 5.91 Å². The largest absolute Gasteiger partial charge is 0.381 e. The van der Waals surface area contributed by atoms with Gasteiger partial charge < -0.3 is 19.9 Å². The molecule has 1 saturated carbocycles. The van der Waals surface area contributed by atoms with Crippen molar-refractivity contribution in [1.29, 1.82) is 0 Å². The minimum Gasteiger partial charge on any atom is -0.381 e. The minimum atomic E-state index is -0.397. The first kappa shape index (κ1) is 17.4. The number of ether oxygens (including phenoxy) is 1. The Morgan fingerprint density at radius 2 is 2.04 bits per heavy atom. The summed E-state index contributed by atoms with van der Waals surface area (Å²) in [5, 5.41) is 4.10. The van der Waals surface area contributed by atoms with Gasteiger partial charge in [0, 0.05) is 20.1 Å². The first-order valence-electron chi connectivity index (χ1n) is 9.04. The summed E-state index contributed by atoms with van der Waals surface area (Å²) in [4.78, 5) is 18.5. The fourth-order valence-corrected chi connectivity index (χ4v) is 3.72. The van der Waals surface area contributed by atoms with E-state index in [1.165, 1.54) is 0 Å². The molecule has 24 heavy (non-hydrogen) atoms. The van der Waals surface area contributed by atoms with Crippen LogP contribution in [0.5, 0.6) is 0 Å². The van der Waals surface area contributed by atoms with E-state index in [9.17, 15) is 4.79 Å². The van der Waals surface area contributed by atoms with Gasteiger partial charge in [-0.2, -0.15) is 4.98 Å². The zero-order valence-corrected chi connectivity index (χ0v) is 14.4. The van der Waals surface area contributed by atoms with Crippen LogP contribution in [0.3, 0.4) is 0 Å². The van der Waals surface area contributed by atoms with Gasteiger partial charge in [0.15, 0.2) is 5.82 Å². The summed E-state index contributed by atoms with van der Waals surface area (Å²) in [6.07, 6.45) is 8.45. The molecule has 2 N–H and O–H groups in total. The number of nitrogens with two attached hydrogens (primary N) is 1. The molecular weight excluding hydrogens is 308 g/mol. The highest BCUT2D eigenvalue weighted by molar-refractivity contribution is 5.81. The number of rotatable bonds is 5. The summed E-state index contributed by atoms with van der Waals surface area (Å²) in [5.74, 6) is 1.84. The summed E-state index contributed by atoms with van der Waals surface area (Å²) in [6, 6.07) is -0.397. The Hall–Kier alpha value is -1.47. The number of amides is 1. The van der Waals surface area contributed by atoms with Gasteiger partial charge in [-0.1, -0.05) is 5.16 Å². The summed E-state index contributed by atoms with van der Waals surface area (Å²) in [6.45, 7) is 1.08. The number of nitrogens with zero attached hydrogens (tertiary/aromatic N) is 3. The van der Waals surface area contributed by atoms with E-state index in [0.29, 0.717) is 31.0 Å². The highest BCUT2D eigenvalue weighted by Crippen LogP contribution is 2.28. The van der Waals surface area contributed by atoms with Crippen molar-refractivity contribution in [2.24, 2.45) is 11.7 Å². The highest BCUT2D eigenvalue weighted by Gasteiger charge is 2.26. The number of carbonyl (C=O) groups excluding carboxylic acids is 1. The molecule has 0 spiro atoms. The fraction of sp³-hybridized carbons (Fsp3) is 0.824. The van der Waals surface area contributed by atoms with Gasteiger partial charge in [-0.15, -0.1) is 0 Å². The number of aromatic nitrogens is 2. The molecule has 3 rings (SSSR count). The molecule has 2 heterocycles. The van der Waals surface area contributed by atoms with Gasteiger partial charge in [0.1, 0.15) is 6.54 Å². The van der Waals surface area contributed by atoms with Gasteiger partial charge in [0.05, 0.1) is 12.1 Å². The quantitative estimate of drug-likeness (QED) is 0.879. The third kappa shape index (κ3) is 4.33. The second-order valence-electron chi connectivity index (χ2n) is 7.05. The van der Waals surface area contributed by atoms with E-state index in [4.69, 9.17) is 15.0 Å². The van der Waals surface area contributed by atoms with Crippen LogP contribution in [0.25, 0.3) is 0 Å². The molecule has 7 nitrogen and oxygen atoms in total. The lowest BCUT2D eigenvalue weighted by Crippen LogP contribution is -2.41. The normalized spacial score (nSPS) is 28.8. The molecule has 134 valence electrons. The lowest BCUT2D eigenvalue weighted by atomic mass is 9.85. The highest BCUT2D eigenvalue weighted by atomic mass is 16.5. The Morgan fingerprint density at radius 3 is 2.79 bits per heavy atom. The van der Waals surface area contributed by atoms with E-state index >= 15 is 0 Å². The van der Waals surface area contributed by atoms with Crippen molar-refractivity contribution in [3.63, 3.8) is 0 Å². The Morgan fingerprint density at radius 1 is 1.25 bits per heavy atom. The number of hydrogen-bond donors (Lipinski definition) is 1. The van der Waals surface area contributed by atoms with Crippen LogP contribution in [0.2, 0.25) is 0 Å². The van der Waals surface area contributed by atoms with Crippen molar-refractivity contribution in [1.82, 2.24) is 15.0 Å². The monoisotopic (exact) mass is 336 g/mol. The number of hydrogen-bond acceptors (Lipinski definition) is 6. The molecule has 0 bridgehead atoms. The fourth-order valence-electron chi connectivity index (χ4n) is 3.72. The first-order valence-corrected chi connectivity index (χ1v) is 9.04. The molecular formula is C17H28N4O3. The van der Waals surface area contributed by atoms with Crippen molar-refractivity contribution in [3.05, 3.63) is 11.7 Å². The SMILES string of the molecule is COC1CCC(Cc2noc(CN3CCCCC(N)C3=O)n2)CC1. The predicted molar refractivity (Wildman–Crippen MR) is 88.0 cm³/mol. The average Bonchev–Trinajstić information content (AvgIpc) is 2.97. The van der Waals surface area contributed by atoms with Crippen LogP contribution in [-0.2, 0) is 22.5 Å². The van der Waals surface area contributed by atoms with E-state index < -0.39 is 6.04 Å². The maximum absolute atomic E-state index is 12.2. The van der Waals surface area contributed by atoms with Crippen molar-refractivity contribution in [3.8, 4) is 0 Å². The second kappa shape index (κ2) is 8.07. The van der Waals surface area contributed by atoms with Crippen LogP contribution < -0.4 is 5.73 Å². The van der Waals surface area contributed by atoms with E-state index in [0.717, 1.165) is 57.2 Å². The van der Waals surface area contributed by atoms with Crippen LogP contribution in [0, 0.1) is 5.92 Å². The van der Waals surface area contributed by atoms with E-state index in [2.05, 4.69) is 10.1 Å². The van der Waals surface area contributed by atoms with Crippen molar-refractivity contribution in [2.75, 3.05) is 13.7 Å². The molecule has 1 amide bonds. The summed E-state index contributed by atoms with van der Waals surface area (Å²) >= 11 is 0. The summed E-state index contributed by atoms with van der Waals surface area (Å²) in [5.41, 5.74) is 5.91. The molecule has 0 aromatic carbocycles.